The molecule has 0 spiro atoms. The van der Waals surface area contributed by atoms with Crippen molar-refractivity contribution in [3.05, 3.63) is 73.7 Å². The van der Waals surface area contributed by atoms with Crippen LogP contribution in [-0.2, 0) is 6.18 Å². The number of halogens is 9. The van der Waals surface area contributed by atoms with E-state index in [1.807, 2.05) is 0 Å². The Morgan fingerprint density at radius 3 is 1.93 bits per heavy atom. The van der Waals surface area contributed by atoms with Crippen molar-refractivity contribution in [1.29, 1.82) is 0 Å². The van der Waals surface area contributed by atoms with Crippen LogP contribution >= 0.6 is 34.8 Å². The number of hydrogen-bond acceptors (Lipinski definition) is 2. The number of hydrogen-bond donors (Lipinski definition) is 2. The van der Waals surface area contributed by atoms with Gasteiger partial charge in [-0.15, -0.1) is 0 Å². The molecule has 2 aromatic carbocycles. The van der Waals surface area contributed by atoms with Gasteiger partial charge in [0.15, 0.2) is 0 Å². The molecule has 0 aromatic heterocycles. The number of alkyl halides is 6. The third-order valence-corrected chi connectivity index (χ3v) is 7.04. The van der Waals surface area contributed by atoms with Gasteiger partial charge >= 0.3 is 18.4 Å². The summed E-state index contributed by atoms with van der Waals surface area (Å²) in [7, 11) is 0. The Morgan fingerprint density at radius 1 is 0.951 bits per heavy atom. The first-order valence-electron chi connectivity index (χ1n) is 11.9. The topological polar surface area (TPSA) is 69.6 Å². The van der Waals surface area contributed by atoms with E-state index in [4.69, 9.17) is 34.8 Å². The third kappa shape index (κ3) is 9.18. The number of nitrogens with zero attached hydrogens (tertiary/aromatic N) is 1. The summed E-state index contributed by atoms with van der Waals surface area (Å²) in [6.07, 6.45) is -9.70. The number of nitrogens with one attached hydrogen (secondary N) is 1. The van der Waals surface area contributed by atoms with Gasteiger partial charge in [-0.25, -0.2) is 4.79 Å². The molecule has 0 aliphatic rings. The quantitative estimate of drug-likeness (QED) is 0.233. The van der Waals surface area contributed by atoms with E-state index < -0.39 is 52.5 Å². The molecule has 1 unspecified atom stereocenters. The fourth-order valence-corrected chi connectivity index (χ4v) is 4.48. The van der Waals surface area contributed by atoms with E-state index in [0.29, 0.717) is 12.1 Å². The summed E-state index contributed by atoms with van der Waals surface area (Å²) in [5.74, 6) is -3.43. The number of carbonyl (C=O) groups is 2. The lowest BCUT2D eigenvalue weighted by Gasteiger charge is -2.39. The molecule has 2 aromatic rings. The van der Waals surface area contributed by atoms with Gasteiger partial charge < -0.3 is 15.3 Å². The van der Waals surface area contributed by atoms with Gasteiger partial charge in [0.05, 0.1) is 37.7 Å². The van der Waals surface area contributed by atoms with Crippen molar-refractivity contribution >= 4 is 52.9 Å². The Balaban J connectivity index is 2.45. The standard InChI is InChI=1S/C27H27Cl3F6N2O3/c1-24(2,3)38(23(40)41)13-25(4,5)37-22(39)16-8-6-14(10-18(16)27(34,35)36)7-9-17(26(31,32)33)15-11-19(28)21(30)20(29)12-15/h6-12,17H,13H2,1-5H3,(H,37,39)(H,40,41)/b9-7+. The fourth-order valence-electron chi connectivity index (χ4n) is 3.87. The van der Waals surface area contributed by atoms with Crippen LogP contribution in [0.5, 0.6) is 0 Å². The molecule has 0 saturated carbocycles. The second-order valence-corrected chi connectivity index (χ2v) is 12.0. The number of amides is 2. The number of benzene rings is 2. The molecule has 0 bridgehead atoms. The van der Waals surface area contributed by atoms with Crippen molar-refractivity contribution in [2.24, 2.45) is 0 Å². The highest BCUT2D eigenvalue weighted by Gasteiger charge is 2.40. The average molecular weight is 648 g/mol. The summed E-state index contributed by atoms with van der Waals surface area (Å²) in [5, 5.41) is 11.3. The number of rotatable bonds is 7. The summed E-state index contributed by atoms with van der Waals surface area (Å²) in [6, 6.07) is 4.36. The SMILES string of the molecule is CC(C)(CN(C(=O)O)C(C)(C)C)NC(=O)c1ccc(/C=C/C(c2cc(Cl)c(Cl)c(Cl)c2)C(F)(F)F)cc1C(F)(F)F. The van der Waals surface area contributed by atoms with Crippen LogP contribution < -0.4 is 5.32 Å². The molecule has 0 heterocycles. The summed E-state index contributed by atoms with van der Waals surface area (Å²) >= 11 is 17.5. The van der Waals surface area contributed by atoms with Crippen molar-refractivity contribution < 1.29 is 41.0 Å². The molecule has 2 rings (SSSR count). The van der Waals surface area contributed by atoms with E-state index >= 15 is 0 Å². The molecule has 14 heteroatoms. The number of carboxylic acid groups (broad SMARTS) is 1. The van der Waals surface area contributed by atoms with Crippen LogP contribution in [0.4, 0.5) is 31.1 Å². The van der Waals surface area contributed by atoms with E-state index in [2.05, 4.69) is 5.32 Å². The van der Waals surface area contributed by atoms with E-state index in [0.717, 1.165) is 35.2 Å². The van der Waals surface area contributed by atoms with Crippen LogP contribution in [0, 0.1) is 0 Å². The highest BCUT2D eigenvalue weighted by molar-refractivity contribution is 6.48. The molecular weight excluding hydrogens is 621 g/mol. The van der Waals surface area contributed by atoms with Gasteiger partial charge in [0, 0.05) is 12.1 Å². The zero-order valence-electron chi connectivity index (χ0n) is 22.4. The molecule has 41 heavy (non-hydrogen) atoms. The molecule has 0 fully saturated rings. The Bertz CT molecular complexity index is 1310. The van der Waals surface area contributed by atoms with Gasteiger partial charge in [-0.3, -0.25) is 4.79 Å². The summed E-state index contributed by atoms with van der Waals surface area (Å²) < 4.78 is 83.4. The van der Waals surface area contributed by atoms with Gasteiger partial charge in [-0.05, 0) is 70.0 Å². The number of carbonyl (C=O) groups excluding carboxylic acids is 1. The largest absolute Gasteiger partial charge is 0.465 e. The normalized spacial score (nSPS) is 13.8. The van der Waals surface area contributed by atoms with Gasteiger partial charge in [0.2, 0.25) is 0 Å². The second-order valence-electron chi connectivity index (χ2n) is 10.9. The van der Waals surface area contributed by atoms with Gasteiger partial charge in [-0.1, -0.05) is 53.0 Å². The molecule has 0 aliphatic heterocycles. The van der Waals surface area contributed by atoms with Crippen molar-refractivity contribution in [1.82, 2.24) is 10.2 Å². The van der Waals surface area contributed by atoms with E-state index in [9.17, 15) is 41.0 Å². The predicted molar refractivity (Wildman–Crippen MR) is 147 cm³/mol. The molecule has 0 radical (unpaired) electrons. The van der Waals surface area contributed by atoms with Crippen molar-refractivity contribution in [3.63, 3.8) is 0 Å². The maximum Gasteiger partial charge on any atom is 0.417 e. The predicted octanol–water partition coefficient (Wildman–Crippen LogP) is 9.31. The van der Waals surface area contributed by atoms with E-state index in [-0.39, 0.29) is 32.7 Å². The minimum absolute atomic E-state index is 0.150. The Hall–Kier alpha value is -2.63. The fraction of sp³-hybridized carbons (Fsp3) is 0.407. The van der Waals surface area contributed by atoms with Crippen LogP contribution in [0.25, 0.3) is 6.08 Å². The highest BCUT2D eigenvalue weighted by Crippen LogP contribution is 2.41. The van der Waals surface area contributed by atoms with Crippen LogP contribution in [0.15, 0.2) is 36.4 Å². The smallest absolute Gasteiger partial charge is 0.417 e. The third-order valence-electron chi connectivity index (χ3n) is 5.84. The Kier molecular flexibility index (Phi) is 10.4. The molecule has 2 amide bonds. The van der Waals surface area contributed by atoms with Gasteiger partial charge in [0.1, 0.15) is 0 Å². The molecule has 5 nitrogen and oxygen atoms in total. The molecule has 1 atom stereocenters. The maximum atomic E-state index is 14.0. The molecule has 0 aliphatic carbocycles. The molecule has 2 N–H and O–H groups in total. The molecule has 226 valence electrons. The maximum absolute atomic E-state index is 14.0. The zero-order valence-corrected chi connectivity index (χ0v) is 24.7. The Morgan fingerprint density at radius 2 is 1.49 bits per heavy atom. The van der Waals surface area contributed by atoms with Crippen LogP contribution in [0.3, 0.4) is 0 Å². The van der Waals surface area contributed by atoms with Crippen molar-refractivity contribution in [3.8, 4) is 0 Å². The highest BCUT2D eigenvalue weighted by atomic mass is 35.5. The first-order chi connectivity index (χ1) is 18.4. The van der Waals surface area contributed by atoms with Crippen LogP contribution in [-0.4, -0.2) is 45.8 Å². The van der Waals surface area contributed by atoms with Crippen LogP contribution in [0.1, 0.15) is 67.6 Å². The lowest BCUT2D eigenvalue weighted by molar-refractivity contribution is -0.139. The average Bonchev–Trinajstić information content (AvgIpc) is 2.78. The molecule has 0 saturated heterocycles. The van der Waals surface area contributed by atoms with Crippen molar-refractivity contribution in [2.75, 3.05) is 6.54 Å². The summed E-state index contributed by atoms with van der Waals surface area (Å²) in [6.45, 7) is 7.51. The molecular formula is C27H27Cl3F6N2O3. The number of allylic oxidation sites excluding steroid dienone is 1. The minimum atomic E-state index is -5.04. The first-order valence-corrected chi connectivity index (χ1v) is 13.0. The van der Waals surface area contributed by atoms with Crippen LogP contribution in [0.2, 0.25) is 15.1 Å². The van der Waals surface area contributed by atoms with E-state index in [1.54, 1.807) is 20.8 Å². The lowest BCUT2D eigenvalue weighted by atomic mass is 9.95. The minimum Gasteiger partial charge on any atom is -0.465 e. The van der Waals surface area contributed by atoms with E-state index in [1.165, 1.54) is 13.8 Å². The Labute approximate surface area is 248 Å². The van der Waals surface area contributed by atoms with Gasteiger partial charge in [0.25, 0.3) is 5.91 Å². The lowest BCUT2D eigenvalue weighted by Crippen LogP contribution is -2.57. The monoisotopic (exact) mass is 646 g/mol. The second kappa shape index (κ2) is 12.3. The summed E-state index contributed by atoms with van der Waals surface area (Å²) in [4.78, 5) is 25.6. The first kappa shape index (κ1) is 34.6. The zero-order chi connectivity index (χ0) is 31.7. The summed E-state index contributed by atoms with van der Waals surface area (Å²) in [5.41, 5.74) is -4.98. The van der Waals surface area contributed by atoms with Gasteiger partial charge in [-0.2, -0.15) is 26.3 Å². The van der Waals surface area contributed by atoms with Crippen molar-refractivity contribution in [2.45, 2.75) is 64.0 Å².